The number of nitrogens with one attached hydrogen (secondary N) is 1. The van der Waals surface area contributed by atoms with Crippen LogP contribution in [0.15, 0.2) is 65.9 Å². The van der Waals surface area contributed by atoms with E-state index in [0.29, 0.717) is 28.2 Å². The van der Waals surface area contributed by atoms with E-state index in [4.69, 9.17) is 10.5 Å². The number of alkyl halides is 2. The van der Waals surface area contributed by atoms with E-state index in [-0.39, 0.29) is 0 Å². The zero-order valence-electron chi connectivity index (χ0n) is 14.6. The third kappa shape index (κ3) is 4.38. The summed E-state index contributed by atoms with van der Waals surface area (Å²) in [6.07, 6.45) is 3.91. The van der Waals surface area contributed by atoms with Crippen LogP contribution in [0.4, 0.5) is 14.5 Å². The molecule has 0 aliphatic rings. The summed E-state index contributed by atoms with van der Waals surface area (Å²) in [5.41, 5.74) is 8.20. The van der Waals surface area contributed by atoms with E-state index < -0.39 is 6.55 Å². The van der Waals surface area contributed by atoms with Crippen LogP contribution in [0.3, 0.4) is 0 Å². The van der Waals surface area contributed by atoms with Gasteiger partial charge in [0.2, 0.25) is 0 Å². The summed E-state index contributed by atoms with van der Waals surface area (Å²) in [6, 6.07) is 14.7. The zero-order valence-corrected chi connectivity index (χ0v) is 14.6. The van der Waals surface area contributed by atoms with Crippen LogP contribution in [-0.4, -0.2) is 24.8 Å². The van der Waals surface area contributed by atoms with Crippen molar-refractivity contribution in [2.45, 2.75) is 6.55 Å². The minimum absolute atomic E-state index is 0.382. The van der Waals surface area contributed by atoms with Crippen LogP contribution in [0, 0.1) is 0 Å². The third-order valence-corrected chi connectivity index (χ3v) is 3.91. The molecule has 0 amide bonds. The summed E-state index contributed by atoms with van der Waals surface area (Å²) in [7, 11) is 1.85. The van der Waals surface area contributed by atoms with Gasteiger partial charge < -0.3 is 15.8 Å². The van der Waals surface area contributed by atoms with E-state index in [0.717, 1.165) is 17.3 Å². The second-order valence-electron chi connectivity index (χ2n) is 5.60. The molecule has 3 rings (SSSR count). The molecule has 0 atom stereocenters. The molecule has 0 radical (unpaired) electrons. The van der Waals surface area contributed by atoms with Gasteiger partial charge >= 0.3 is 6.55 Å². The van der Waals surface area contributed by atoms with E-state index in [1.807, 2.05) is 37.4 Å². The van der Waals surface area contributed by atoms with Gasteiger partial charge in [-0.15, -0.1) is 0 Å². The fourth-order valence-electron chi connectivity index (χ4n) is 2.56. The number of anilines is 1. The highest BCUT2D eigenvalue weighted by atomic mass is 19.3. The lowest BCUT2D eigenvalue weighted by Gasteiger charge is -2.10. The Bertz CT molecular complexity index is 985. The molecule has 5 nitrogen and oxygen atoms in total. The number of aliphatic imine (C=N–C) groups is 1. The topological polar surface area (TPSA) is 72.5 Å². The van der Waals surface area contributed by atoms with Gasteiger partial charge in [0.15, 0.2) is 0 Å². The number of nitrogens with zero attached hydrogens (tertiary/aromatic N) is 2. The molecule has 3 N–H and O–H groups in total. The Hall–Kier alpha value is -3.48. The number of aromatic nitrogens is 1. The van der Waals surface area contributed by atoms with Crippen LogP contribution in [0.25, 0.3) is 16.5 Å². The Kier molecular flexibility index (Phi) is 5.61. The summed E-state index contributed by atoms with van der Waals surface area (Å²) in [5.74, 6) is 1.33. The molecule has 7 heteroatoms. The number of halogens is 2. The lowest BCUT2D eigenvalue weighted by Crippen LogP contribution is -1.95. The Morgan fingerprint density at radius 1 is 1.19 bits per heavy atom. The van der Waals surface area contributed by atoms with Gasteiger partial charge in [-0.05, 0) is 48.0 Å². The molecule has 1 aromatic heterocycles. The first-order chi connectivity index (χ1) is 13.1. The number of hydrogen-bond acceptors (Lipinski definition) is 5. The van der Waals surface area contributed by atoms with E-state index in [9.17, 15) is 8.78 Å². The Morgan fingerprint density at radius 3 is 2.63 bits per heavy atom. The molecule has 0 bridgehead atoms. The molecule has 0 saturated carbocycles. The van der Waals surface area contributed by atoms with Crippen LogP contribution in [0.5, 0.6) is 11.5 Å². The van der Waals surface area contributed by atoms with Crippen LogP contribution in [-0.2, 0) is 0 Å². The lowest BCUT2D eigenvalue weighted by atomic mass is 10.0. The smallest absolute Gasteiger partial charge is 0.331 e. The van der Waals surface area contributed by atoms with E-state index >= 15 is 0 Å². The predicted molar refractivity (Wildman–Crippen MR) is 104 cm³/mol. The molecular formula is C20H18F2N4O. The maximum atomic E-state index is 12.3. The van der Waals surface area contributed by atoms with Crippen molar-refractivity contribution in [3.8, 4) is 11.5 Å². The van der Waals surface area contributed by atoms with E-state index in [2.05, 4.69) is 15.3 Å². The first-order valence-electron chi connectivity index (χ1n) is 8.18. The number of hydrogen-bond donors (Lipinski definition) is 2. The molecule has 0 spiro atoms. The molecule has 3 aromatic rings. The lowest BCUT2D eigenvalue weighted by molar-refractivity contribution is 0.161. The number of pyridine rings is 1. The highest BCUT2D eigenvalue weighted by Crippen LogP contribution is 2.30. The molecule has 0 unspecified atom stereocenters. The van der Waals surface area contributed by atoms with Gasteiger partial charge in [-0.3, -0.25) is 4.98 Å². The number of allylic oxidation sites excluding steroid dienone is 1. The van der Waals surface area contributed by atoms with Gasteiger partial charge in [-0.25, -0.2) is 4.99 Å². The van der Waals surface area contributed by atoms with Crippen molar-refractivity contribution in [2.24, 2.45) is 10.7 Å². The van der Waals surface area contributed by atoms with Crippen LogP contribution in [0.1, 0.15) is 5.56 Å². The summed E-state index contributed by atoms with van der Waals surface area (Å²) in [5, 5.41) is 3.84. The second-order valence-corrected chi connectivity index (χ2v) is 5.60. The van der Waals surface area contributed by atoms with Crippen molar-refractivity contribution >= 4 is 28.4 Å². The van der Waals surface area contributed by atoms with Gasteiger partial charge in [0.05, 0.1) is 5.52 Å². The van der Waals surface area contributed by atoms with Crippen molar-refractivity contribution in [1.82, 2.24) is 4.98 Å². The SMILES string of the molecule is CNc1ccc(Oc2ccnc3cc(C(C=NC(F)F)=CN)ccc23)cc1. The van der Waals surface area contributed by atoms with Crippen molar-refractivity contribution in [2.75, 3.05) is 12.4 Å². The van der Waals surface area contributed by atoms with Gasteiger partial charge in [-0.1, -0.05) is 6.07 Å². The molecule has 0 aliphatic heterocycles. The molecule has 2 aromatic carbocycles. The predicted octanol–water partition coefficient (Wildman–Crippen LogP) is 4.66. The average molecular weight is 368 g/mol. The Balaban J connectivity index is 1.92. The summed E-state index contributed by atoms with van der Waals surface area (Å²) in [6.45, 7) is -2.78. The minimum Gasteiger partial charge on any atom is -0.457 e. The quantitative estimate of drug-likeness (QED) is 0.490. The number of fused-ring (bicyclic) bond motifs is 1. The molecular weight excluding hydrogens is 350 g/mol. The first-order valence-corrected chi connectivity index (χ1v) is 8.18. The minimum atomic E-state index is -2.78. The van der Waals surface area contributed by atoms with Crippen LogP contribution in [0.2, 0.25) is 0 Å². The van der Waals surface area contributed by atoms with E-state index in [1.165, 1.54) is 6.20 Å². The highest BCUT2D eigenvalue weighted by molar-refractivity contribution is 6.10. The first kappa shape index (κ1) is 18.3. The number of rotatable bonds is 6. The molecule has 1 heterocycles. The highest BCUT2D eigenvalue weighted by Gasteiger charge is 2.08. The molecule has 138 valence electrons. The fourth-order valence-corrected chi connectivity index (χ4v) is 2.56. The van der Waals surface area contributed by atoms with Crippen molar-refractivity contribution < 1.29 is 13.5 Å². The van der Waals surface area contributed by atoms with Gasteiger partial charge in [-0.2, -0.15) is 8.78 Å². The molecule has 0 saturated heterocycles. The summed E-state index contributed by atoms with van der Waals surface area (Å²) in [4.78, 5) is 7.42. The standard InChI is InChI=1S/C20H18F2N4O/c1-24-15-3-5-16(6-4-15)27-19-8-9-25-18-10-13(2-7-17(18)19)14(11-23)12-26-20(21)22/h2-12,20,24H,23H2,1H3. The largest absolute Gasteiger partial charge is 0.457 e. The van der Waals surface area contributed by atoms with Crippen molar-refractivity contribution in [1.29, 1.82) is 0 Å². The fraction of sp³-hybridized carbons (Fsp3) is 0.100. The Morgan fingerprint density at radius 2 is 1.96 bits per heavy atom. The maximum Gasteiger partial charge on any atom is 0.331 e. The van der Waals surface area contributed by atoms with E-state index in [1.54, 1.807) is 24.4 Å². The molecule has 27 heavy (non-hydrogen) atoms. The number of nitrogens with two attached hydrogens (primary N) is 1. The van der Waals surface area contributed by atoms with Gasteiger partial charge in [0.1, 0.15) is 11.5 Å². The molecule has 0 fully saturated rings. The normalized spacial score (nSPS) is 12.1. The number of ether oxygens (including phenoxy) is 1. The zero-order chi connectivity index (χ0) is 19.2. The van der Waals surface area contributed by atoms with Crippen molar-refractivity contribution in [3.63, 3.8) is 0 Å². The van der Waals surface area contributed by atoms with Crippen molar-refractivity contribution in [3.05, 3.63) is 66.5 Å². The summed E-state index contributed by atoms with van der Waals surface area (Å²) < 4.78 is 30.6. The maximum absolute atomic E-state index is 12.3. The average Bonchev–Trinajstić information content (AvgIpc) is 2.69. The monoisotopic (exact) mass is 368 g/mol. The van der Waals surface area contributed by atoms with Gasteiger partial charge in [0, 0.05) is 42.3 Å². The van der Waals surface area contributed by atoms with Crippen LogP contribution < -0.4 is 15.8 Å². The number of benzene rings is 2. The molecule has 0 aliphatic carbocycles. The third-order valence-electron chi connectivity index (χ3n) is 3.91. The van der Waals surface area contributed by atoms with Crippen LogP contribution >= 0.6 is 0 Å². The second kappa shape index (κ2) is 8.27. The Labute approximate surface area is 155 Å². The van der Waals surface area contributed by atoms with Gasteiger partial charge in [0.25, 0.3) is 0 Å². The summed E-state index contributed by atoms with van der Waals surface area (Å²) >= 11 is 0.